The van der Waals surface area contributed by atoms with Crippen LogP contribution in [0.2, 0.25) is 0 Å². The number of aliphatic hydroxyl groups excluding tert-OH is 1. The number of carbonyl (C=O) groups is 1. The first-order valence-corrected chi connectivity index (χ1v) is 14.4. The summed E-state index contributed by atoms with van der Waals surface area (Å²) >= 11 is 1.49. The summed E-state index contributed by atoms with van der Waals surface area (Å²) < 4.78 is 38.8. The van der Waals surface area contributed by atoms with E-state index in [1.165, 1.54) is 35.4 Å². The number of aromatic nitrogens is 2. The summed E-state index contributed by atoms with van der Waals surface area (Å²) in [7, 11) is -0.896. The second kappa shape index (κ2) is 12.2. The van der Waals surface area contributed by atoms with Crippen LogP contribution in [0.1, 0.15) is 12.6 Å². The van der Waals surface area contributed by atoms with Crippen molar-refractivity contribution in [2.45, 2.75) is 17.2 Å². The number of H-pyrrole nitrogens is 1. The SMILES string of the molecule is COCCOc1cc(N(C)S(=O)(=O)c2ccccn2)c2[nH]c(C3=NCC(C(C)C(=O)NCCO)S3)cc2c1. The van der Waals surface area contributed by atoms with E-state index in [1.807, 2.05) is 19.1 Å². The van der Waals surface area contributed by atoms with E-state index in [9.17, 15) is 13.2 Å². The van der Waals surface area contributed by atoms with Crippen LogP contribution >= 0.6 is 11.8 Å². The lowest BCUT2D eigenvalue weighted by Crippen LogP contribution is -2.36. The van der Waals surface area contributed by atoms with Gasteiger partial charge in [0.25, 0.3) is 10.0 Å². The lowest BCUT2D eigenvalue weighted by molar-refractivity contribution is -0.124. The number of benzene rings is 1. The smallest absolute Gasteiger partial charge is 0.281 e. The van der Waals surface area contributed by atoms with Crippen LogP contribution in [0, 0.1) is 5.92 Å². The number of ether oxygens (including phenoxy) is 2. The Morgan fingerprint density at radius 1 is 1.32 bits per heavy atom. The van der Waals surface area contributed by atoms with Gasteiger partial charge in [0.1, 0.15) is 17.4 Å². The molecular formula is C25H31N5O6S2. The van der Waals surface area contributed by atoms with Crippen molar-refractivity contribution in [2.75, 3.05) is 51.4 Å². The van der Waals surface area contributed by atoms with E-state index in [1.54, 1.807) is 25.3 Å². The van der Waals surface area contributed by atoms with Crippen molar-refractivity contribution in [2.24, 2.45) is 10.9 Å². The first-order valence-electron chi connectivity index (χ1n) is 12.0. The molecule has 0 saturated carbocycles. The second-order valence-corrected chi connectivity index (χ2v) is 11.8. The van der Waals surface area contributed by atoms with Gasteiger partial charge < -0.3 is 24.9 Å². The molecule has 0 fully saturated rings. The molecule has 3 heterocycles. The topological polar surface area (TPSA) is 146 Å². The molecule has 204 valence electrons. The Bertz CT molecular complexity index is 1410. The van der Waals surface area contributed by atoms with Gasteiger partial charge in [-0.2, -0.15) is 8.42 Å². The maximum atomic E-state index is 13.4. The number of aromatic amines is 1. The molecule has 3 aromatic rings. The molecule has 1 aliphatic heterocycles. The Hall–Kier alpha value is -3.13. The van der Waals surface area contributed by atoms with Gasteiger partial charge in [-0.1, -0.05) is 24.8 Å². The number of rotatable bonds is 12. The highest BCUT2D eigenvalue weighted by atomic mass is 32.2. The van der Waals surface area contributed by atoms with Crippen molar-refractivity contribution in [3.63, 3.8) is 0 Å². The Morgan fingerprint density at radius 2 is 2.13 bits per heavy atom. The Labute approximate surface area is 225 Å². The number of thioether (sulfide) groups is 1. The lowest BCUT2D eigenvalue weighted by atomic mass is 10.1. The minimum Gasteiger partial charge on any atom is -0.491 e. The molecule has 38 heavy (non-hydrogen) atoms. The van der Waals surface area contributed by atoms with Crippen LogP contribution in [-0.2, 0) is 19.6 Å². The molecule has 1 aromatic carbocycles. The monoisotopic (exact) mass is 561 g/mol. The maximum absolute atomic E-state index is 13.4. The molecule has 13 heteroatoms. The summed E-state index contributed by atoms with van der Waals surface area (Å²) in [6.07, 6.45) is 1.43. The number of nitrogens with zero attached hydrogens (tertiary/aromatic N) is 3. The fourth-order valence-corrected chi connectivity index (χ4v) is 6.24. The number of aliphatic hydroxyl groups is 1. The fourth-order valence-electron chi connectivity index (χ4n) is 3.97. The van der Waals surface area contributed by atoms with E-state index in [2.05, 4.69) is 20.3 Å². The van der Waals surface area contributed by atoms with Crippen molar-refractivity contribution in [3.05, 3.63) is 48.3 Å². The summed E-state index contributed by atoms with van der Waals surface area (Å²) in [6, 6.07) is 10.1. The van der Waals surface area contributed by atoms with Crippen molar-refractivity contribution in [1.82, 2.24) is 15.3 Å². The largest absolute Gasteiger partial charge is 0.491 e. The van der Waals surface area contributed by atoms with Gasteiger partial charge in [0.05, 0.1) is 36.7 Å². The predicted molar refractivity (Wildman–Crippen MR) is 148 cm³/mol. The third-order valence-corrected chi connectivity index (χ3v) is 9.25. The van der Waals surface area contributed by atoms with Crippen molar-refractivity contribution in [3.8, 4) is 5.75 Å². The molecule has 2 atom stereocenters. The molecular weight excluding hydrogens is 530 g/mol. The van der Waals surface area contributed by atoms with E-state index in [-0.39, 0.29) is 35.3 Å². The second-order valence-electron chi connectivity index (χ2n) is 8.68. The highest BCUT2D eigenvalue weighted by Crippen LogP contribution is 2.37. The average molecular weight is 562 g/mol. The molecule has 0 bridgehead atoms. The van der Waals surface area contributed by atoms with Crippen LogP contribution in [0.3, 0.4) is 0 Å². The molecule has 3 N–H and O–H groups in total. The lowest BCUT2D eigenvalue weighted by Gasteiger charge is -2.20. The number of hydrogen-bond donors (Lipinski definition) is 3. The van der Waals surface area contributed by atoms with Gasteiger partial charge in [0, 0.05) is 49.5 Å². The van der Waals surface area contributed by atoms with Gasteiger partial charge in [-0.15, -0.1) is 0 Å². The van der Waals surface area contributed by atoms with E-state index in [0.717, 1.165) is 16.1 Å². The van der Waals surface area contributed by atoms with Crippen LogP contribution in [0.4, 0.5) is 5.69 Å². The number of carbonyl (C=O) groups excluding carboxylic acids is 1. The molecule has 0 aliphatic carbocycles. The Kier molecular flexibility index (Phi) is 8.92. The third kappa shape index (κ3) is 5.96. The number of anilines is 1. The van der Waals surface area contributed by atoms with Crippen LogP contribution in [0.5, 0.6) is 5.75 Å². The van der Waals surface area contributed by atoms with Gasteiger partial charge in [-0.3, -0.25) is 14.1 Å². The average Bonchev–Trinajstić information content (AvgIpc) is 3.58. The normalized spacial score (nSPS) is 16.3. The van der Waals surface area contributed by atoms with Crippen LogP contribution in [-0.4, -0.2) is 86.8 Å². The van der Waals surface area contributed by atoms with Gasteiger partial charge >= 0.3 is 0 Å². The first-order chi connectivity index (χ1) is 18.3. The standard InChI is InChI=1S/C25H31N5O6S2/c1-16(24(32)27-8-9-31)21-15-28-25(37-21)19-13-17-12-18(36-11-10-35-3)14-20(23(17)29-19)30(2)38(33,34)22-6-4-5-7-26-22/h4-7,12-14,16,21,29,31H,8-11,15H2,1-3H3,(H,27,32). The minimum absolute atomic E-state index is 0.0604. The number of methoxy groups -OCH3 is 1. The summed E-state index contributed by atoms with van der Waals surface area (Å²) in [4.78, 5) is 24.4. The molecule has 0 saturated heterocycles. The highest BCUT2D eigenvalue weighted by molar-refractivity contribution is 8.15. The minimum atomic E-state index is -3.95. The van der Waals surface area contributed by atoms with Crippen LogP contribution < -0.4 is 14.4 Å². The zero-order chi connectivity index (χ0) is 27.3. The van der Waals surface area contributed by atoms with Crippen molar-refractivity contribution >= 4 is 49.3 Å². The molecule has 0 spiro atoms. The van der Waals surface area contributed by atoms with E-state index >= 15 is 0 Å². The summed E-state index contributed by atoms with van der Waals surface area (Å²) in [5, 5.41) is 13.0. The number of aliphatic imine (C=N–C) groups is 1. The van der Waals surface area contributed by atoms with Crippen molar-refractivity contribution < 1.29 is 27.8 Å². The number of hydrogen-bond acceptors (Lipinski definition) is 9. The van der Waals surface area contributed by atoms with Gasteiger partial charge in [0.2, 0.25) is 5.91 Å². The molecule has 1 aliphatic rings. The maximum Gasteiger partial charge on any atom is 0.281 e. The third-order valence-electron chi connectivity index (χ3n) is 6.13. The van der Waals surface area contributed by atoms with E-state index < -0.39 is 10.0 Å². The summed E-state index contributed by atoms with van der Waals surface area (Å²) in [5.74, 6) is 0.0561. The summed E-state index contributed by atoms with van der Waals surface area (Å²) in [6.45, 7) is 3.09. The van der Waals surface area contributed by atoms with E-state index in [4.69, 9.17) is 14.6 Å². The number of sulfonamides is 1. The molecule has 2 unspecified atom stereocenters. The number of pyridine rings is 1. The van der Waals surface area contributed by atoms with Crippen molar-refractivity contribution in [1.29, 1.82) is 0 Å². The van der Waals surface area contributed by atoms with Gasteiger partial charge in [-0.25, -0.2) is 4.98 Å². The zero-order valence-corrected chi connectivity index (χ0v) is 23.0. The molecule has 4 rings (SSSR count). The number of nitrogens with one attached hydrogen (secondary N) is 2. The Morgan fingerprint density at radius 3 is 2.84 bits per heavy atom. The molecule has 1 amide bonds. The first kappa shape index (κ1) is 27.9. The van der Waals surface area contributed by atoms with Gasteiger partial charge in [0.15, 0.2) is 5.03 Å². The van der Waals surface area contributed by atoms with E-state index in [0.29, 0.717) is 36.7 Å². The number of fused-ring (bicyclic) bond motifs is 1. The summed E-state index contributed by atoms with van der Waals surface area (Å²) in [5.41, 5.74) is 1.71. The fraction of sp³-hybridized carbons (Fsp3) is 0.400. The molecule has 11 nitrogen and oxygen atoms in total. The van der Waals surface area contributed by atoms with Crippen LogP contribution in [0.25, 0.3) is 10.9 Å². The zero-order valence-electron chi connectivity index (χ0n) is 21.4. The quantitative estimate of drug-likeness (QED) is 0.285. The molecule has 0 radical (unpaired) electrons. The predicted octanol–water partition coefficient (Wildman–Crippen LogP) is 2.02. The number of amides is 1. The molecule has 2 aromatic heterocycles. The van der Waals surface area contributed by atoms with Gasteiger partial charge in [-0.05, 0) is 24.3 Å². The van der Waals surface area contributed by atoms with Crippen LogP contribution in [0.15, 0.2) is 52.6 Å². The Balaban J connectivity index is 1.66. The highest BCUT2D eigenvalue weighted by Gasteiger charge is 2.31.